The first-order chi connectivity index (χ1) is 7.24. The number of nitrogens with zero attached hydrogens (tertiary/aromatic N) is 1. The van der Waals surface area contributed by atoms with E-state index in [1.807, 2.05) is 29.0 Å². The molecule has 1 heterocycles. The third-order valence-corrected chi connectivity index (χ3v) is 2.64. The van der Waals surface area contributed by atoms with Crippen molar-refractivity contribution in [3.63, 3.8) is 0 Å². The highest BCUT2D eigenvalue weighted by Gasteiger charge is 2.09. The van der Waals surface area contributed by atoms with Gasteiger partial charge in [-0.25, -0.2) is 0 Å². The van der Waals surface area contributed by atoms with Crippen LogP contribution in [0.15, 0.2) is 30.5 Å². The van der Waals surface area contributed by atoms with Crippen molar-refractivity contribution < 1.29 is 5.11 Å². The van der Waals surface area contributed by atoms with E-state index in [-0.39, 0.29) is 0 Å². The van der Waals surface area contributed by atoms with Crippen molar-refractivity contribution in [1.82, 2.24) is 4.57 Å². The van der Waals surface area contributed by atoms with E-state index in [1.54, 1.807) is 6.92 Å². The molecule has 1 aromatic heterocycles. The zero-order chi connectivity index (χ0) is 10.8. The quantitative estimate of drug-likeness (QED) is 0.798. The number of para-hydroxylation sites is 1. The minimum atomic E-state index is -0.499. The molecule has 3 N–H and O–H groups in total. The molecular formula is C12H16N2O. The average Bonchev–Trinajstić information content (AvgIpc) is 2.59. The number of fused-ring (bicyclic) bond motifs is 1. The maximum Gasteiger partial charge on any atom is 0.127 e. The molecule has 3 nitrogen and oxygen atoms in total. The molecule has 0 aliphatic rings. The SMILES string of the molecule is CC(O)n1cc(CCN)c2ccccc21. The number of aliphatic hydroxyl groups is 1. The summed E-state index contributed by atoms with van der Waals surface area (Å²) in [6.45, 7) is 2.40. The van der Waals surface area contributed by atoms with Crippen LogP contribution in [0.5, 0.6) is 0 Å². The molecule has 1 atom stereocenters. The van der Waals surface area contributed by atoms with Crippen molar-refractivity contribution in [2.24, 2.45) is 5.73 Å². The molecule has 3 heteroatoms. The summed E-state index contributed by atoms with van der Waals surface area (Å²) >= 11 is 0. The van der Waals surface area contributed by atoms with Gasteiger partial charge in [-0.05, 0) is 31.5 Å². The van der Waals surface area contributed by atoms with Gasteiger partial charge in [0.25, 0.3) is 0 Å². The standard InChI is InChI=1S/C12H16N2O/c1-9(15)14-8-10(6-7-13)11-4-2-3-5-12(11)14/h2-5,8-9,15H,6-7,13H2,1H3. The van der Waals surface area contributed by atoms with Crippen LogP contribution < -0.4 is 5.73 Å². The maximum absolute atomic E-state index is 9.63. The molecular weight excluding hydrogens is 188 g/mol. The molecule has 0 aliphatic heterocycles. The van der Waals surface area contributed by atoms with E-state index < -0.39 is 6.23 Å². The van der Waals surface area contributed by atoms with Crippen molar-refractivity contribution in [3.8, 4) is 0 Å². The lowest BCUT2D eigenvalue weighted by atomic mass is 10.1. The Hall–Kier alpha value is -1.32. The van der Waals surface area contributed by atoms with Crippen LogP contribution in [0.25, 0.3) is 10.9 Å². The van der Waals surface area contributed by atoms with E-state index in [1.165, 1.54) is 10.9 Å². The van der Waals surface area contributed by atoms with Gasteiger partial charge >= 0.3 is 0 Å². The largest absolute Gasteiger partial charge is 0.374 e. The van der Waals surface area contributed by atoms with Crippen molar-refractivity contribution >= 4 is 10.9 Å². The average molecular weight is 204 g/mol. The van der Waals surface area contributed by atoms with Crippen LogP contribution in [0.2, 0.25) is 0 Å². The van der Waals surface area contributed by atoms with Crippen molar-refractivity contribution in [2.45, 2.75) is 19.6 Å². The number of hydrogen-bond acceptors (Lipinski definition) is 2. The predicted octanol–water partition coefficient (Wildman–Crippen LogP) is 1.65. The van der Waals surface area contributed by atoms with Gasteiger partial charge in [0.15, 0.2) is 0 Å². The Balaban J connectivity index is 2.62. The molecule has 1 aromatic carbocycles. The Labute approximate surface area is 89.1 Å². The normalized spacial score (nSPS) is 13.3. The Morgan fingerprint density at radius 3 is 2.80 bits per heavy atom. The number of aliphatic hydroxyl groups excluding tert-OH is 1. The molecule has 0 radical (unpaired) electrons. The third kappa shape index (κ3) is 1.76. The monoisotopic (exact) mass is 204 g/mol. The van der Waals surface area contributed by atoms with Gasteiger partial charge < -0.3 is 15.4 Å². The lowest BCUT2D eigenvalue weighted by Gasteiger charge is -2.07. The molecule has 0 amide bonds. The van der Waals surface area contributed by atoms with Gasteiger partial charge in [0.2, 0.25) is 0 Å². The second kappa shape index (κ2) is 4.04. The van der Waals surface area contributed by atoms with Gasteiger partial charge in [-0.2, -0.15) is 0 Å². The molecule has 15 heavy (non-hydrogen) atoms. The Morgan fingerprint density at radius 2 is 2.13 bits per heavy atom. The van der Waals surface area contributed by atoms with Crippen LogP contribution in [0.1, 0.15) is 18.7 Å². The molecule has 1 unspecified atom stereocenters. The highest BCUT2D eigenvalue weighted by atomic mass is 16.3. The first kappa shape index (κ1) is 10.2. The van der Waals surface area contributed by atoms with E-state index in [9.17, 15) is 5.11 Å². The Bertz CT molecular complexity index is 460. The molecule has 0 bridgehead atoms. The van der Waals surface area contributed by atoms with Gasteiger partial charge in [-0.3, -0.25) is 0 Å². The summed E-state index contributed by atoms with van der Waals surface area (Å²) in [7, 11) is 0. The van der Waals surface area contributed by atoms with Gasteiger partial charge in [0.1, 0.15) is 6.23 Å². The minimum Gasteiger partial charge on any atom is -0.374 e. The highest BCUT2D eigenvalue weighted by Crippen LogP contribution is 2.23. The summed E-state index contributed by atoms with van der Waals surface area (Å²) in [5.41, 5.74) is 7.83. The van der Waals surface area contributed by atoms with E-state index in [2.05, 4.69) is 6.07 Å². The van der Waals surface area contributed by atoms with Gasteiger partial charge in [-0.1, -0.05) is 18.2 Å². The zero-order valence-electron chi connectivity index (χ0n) is 8.85. The summed E-state index contributed by atoms with van der Waals surface area (Å²) in [6.07, 6.45) is 2.34. The summed E-state index contributed by atoms with van der Waals surface area (Å²) < 4.78 is 1.88. The van der Waals surface area contributed by atoms with Crippen LogP contribution >= 0.6 is 0 Å². The summed E-state index contributed by atoms with van der Waals surface area (Å²) in [5.74, 6) is 0. The number of rotatable bonds is 3. The van der Waals surface area contributed by atoms with Crippen LogP contribution in [0.3, 0.4) is 0 Å². The summed E-state index contributed by atoms with van der Waals surface area (Å²) in [4.78, 5) is 0. The van der Waals surface area contributed by atoms with Crippen LogP contribution in [-0.2, 0) is 6.42 Å². The number of nitrogens with two attached hydrogens (primary N) is 1. The topological polar surface area (TPSA) is 51.2 Å². The molecule has 0 saturated carbocycles. The minimum absolute atomic E-state index is 0.499. The fraction of sp³-hybridized carbons (Fsp3) is 0.333. The Kier molecular flexibility index (Phi) is 2.75. The zero-order valence-corrected chi connectivity index (χ0v) is 8.85. The van der Waals surface area contributed by atoms with Crippen LogP contribution in [0, 0.1) is 0 Å². The predicted molar refractivity (Wildman–Crippen MR) is 61.6 cm³/mol. The first-order valence-corrected chi connectivity index (χ1v) is 5.20. The number of benzene rings is 1. The highest BCUT2D eigenvalue weighted by molar-refractivity contribution is 5.84. The second-order valence-electron chi connectivity index (χ2n) is 3.75. The van der Waals surface area contributed by atoms with E-state index >= 15 is 0 Å². The first-order valence-electron chi connectivity index (χ1n) is 5.20. The van der Waals surface area contributed by atoms with Crippen LogP contribution in [0.4, 0.5) is 0 Å². The van der Waals surface area contributed by atoms with E-state index in [0.717, 1.165) is 11.9 Å². The number of hydrogen-bond donors (Lipinski definition) is 2. The molecule has 0 spiro atoms. The molecule has 0 fully saturated rings. The maximum atomic E-state index is 9.63. The summed E-state index contributed by atoms with van der Waals surface area (Å²) in [6, 6.07) is 8.07. The molecule has 0 aliphatic carbocycles. The van der Waals surface area contributed by atoms with Gasteiger partial charge in [0.05, 0.1) is 5.52 Å². The lowest BCUT2D eigenvalue weighted by molar-refractivity contribution is 0.129. The Morgan fingerprint density at radius 1 is 1.40 bits per heavy atom. The lowest BCUT2D eigenvalue weighted by Crippen LogP contribution is -2.03. The van der Waals surface area contributed by atoms with Gasteiger partial charge in [0, 0.05) is 11.6 Å². The molecule has 80 valence electrons. The molecule has 0 saturated heterocycles. The van der Waals surface area contributed by atoms with E-state index in [4.69, 9.17) is 5.73 Å². The fourth-order valence-electron chi connectivity index (χ4n) is 1.94. The van der Waals surface area contributed by atoms with E-state index in [0.29, 0.717) is 6.54 Å². The molecule has 2 rings (SSSR count). The van der Waals surface area contributed by atoms with Crippen molar-refractivity contribution in [3.05, 3.63) is 36.0 Å². The van der Waals surface area contributed by atoms with Crippen LogP contribution in [-0.4, -0.2) is 16.2 Å². The van der Waals surface area contributed by atoms with Crippen molar-refractivity contribution in [2.75, 3.05) is 6.54 Å². The smallest absolute Gasteiger partial charge is 0.127 e. The fourth-order valence-corrected chi connectivity index (χ4v) is 1.94. The summed E-state index contributed by atoms with van der Waals surface area (Å²) in [5, 5.41) is 10.8. The van der Waals surface area contributed by atoms with Crippen molar-refractivity contribution in [1.29, 1.82) is 0 Å². The second-order valence-corrected chi connectivity index (χ2v) is 3.75. The van der Waals surface area contributed by atoms with Gasteiger partial charge in [-0.15, -0.1) is 0 Å². The third-order valence-electron chi connectivity index (χ3n) is 2.64. The molecule has 2 aromatic rings. The number of aromatic nitrogens is 1.